The van der Waals surface area contributed by atoms with E-state index in [1.165, 1.54) is 24.0 Å². The van der Waals surface area contributed by atoms with Crippen LogP contribution in [-0.4, -0.2) is 16.8 Å². The van der Waals surface area contributed by atoms with E-state index in [4.69, 9.17) is 32.9 Å². The molecule has 180 valence electrons. The maximum atomic E-state index is 13.8. The number of thiazole rings is 1. The summed E-state index contributed by atoms with van der Waals surface area (Å²) in [5.41, 5.74) is 5.96. The molecule has 1 N–H and O–H groups in total. The predicted octanol–water partition coefficient (Wildman–Crippen LogP) is 5.34. The minimum Gasteiger partial charge on any atom is -0.503 e. The van der Waals surface area contributed by atoms with E-state index in [9.17, 15) is 9.90 Å². The molecule has 0 unspecified atom stereocenters. The molecule has 1 aliphatic carbocycles. The second-order valence-corrected chi connectivity index (χ2v) is 10.6. The lowest BCUT2D eigenvalue weighted by atomic mass is 9.83. The van der Waals surface area contributed by atoms with Gasteiger partial charge < -0.3 is 9.84 Å². The number of phenolic OH excluding ortho intramolecular Hbond substituents is 1. The SMILES string of the molecule is COc1cc(/C=c2/sc3n(c2=O)[C@@H](c2ccc(Cl)cc2)C2=C(N=3)c3ccccc3CC2)cc(Cl)c1O. The molecule has 4 aromatic rings. The van der Waals surface area contributed by atoms with Crippen LogP contribution in [0.3, 0.4) is 0 Å². The molecule has 0 bridgehead atoms. The lowest BCUT2D eigenvalue weighted by Crippen LogP contribution is -2.38. The number of nitrogens with zero attached hydrogens (tertiary/aromatic N) is 2. The normalized spacial score (nSPS) is 16.8. The average Bonchev–Trinajstić information content (AvgIpc) is 3.19. The highest BCUT2D eigenvalue weighted by Gasteiger charge is 2.32. The summed E-state index contributed by atoms with van der Waals surface area (Å²) in [6.45, 7) is 0. The topological polar surface area (TPSA) is 63.8 Å². The van der Waals surface area contributed by atoms with Gasteiger partial charge in [-0.25, -0.2) is 4.99 Å². The molecule has 1 aromatic heterocycles. The zero-order valence-electron chi connectivity index (χ0n) is 19.2. The third-order valence-electron chi connectivity index (χ3n) is 6.63. The van der Waals surface area contributed by atoms with Gasteiger partial charge in [-0.15, -0.1) is 0 Å². The van der Waals surface area contributed by atoms with Gasteiger partial charge in [-0.2, -0.15) is 0 Å². The lowest BCUT2D eigenvalue weighted by Gasteiger charge is -2.30. The molecule has 0 radical (unpaired) electrons. The Balaban J connectivity index is 1.61. The summed E-state index contributed by atoms with van der Waals surface area (Å²) < 4.78 is 7.53. The Morgan fingerprint density at radius 1 is 1.11 bits per heavy atom. The number of aromatic hydroxyl groups is 1. The summed E-state index contributed by atoms with van der Waals surface area (Å²) in [4.78, 5) is 19.5. The second kappa shape index (κ2) is 8.96. The highest BCUT2D eigenvalue weighted by molar-refractivity contribution is 7.07. The fourth-order valence-corrected chi connectivity index (χ4v) is 6.30. The molecular weight excluding hydrogens is 515 g/mol. The van der Waals surface area contributed by atoms with Crippen molar-refractivity contribution in [3.05, 3.63) is 118 Å². The van der Waals surface area contributed by atoms with Crippen LogP contribution in [0.25, 0.3) is 11.8 Å². The Labute approximate surface area is 220 Å². The molecule has 8 heteroatoms. The van der Waals surface area contributed by atoms with E-state index in [1.54, 1.807) is 22.8 Å². The molecule has 36 heavy (non-hydrogen) atoms. The Morgan fingerprint density at radius 3 is 2.67 bits per heavy atom. The Bertz CT molecular complexity index is 1740. The van der Waals surface area contributed by atoms with Crippen molar-refractivity contribution in [2.45, 2.75) is 18.9 Å². The number of phenols is 1. The van der Waals surface area contributed by atoms with Crippen LogP contribution in [0.5, 0.6) is 11.5 Å². The molecule has 1 aliphatic heterocycles. The number of fused-ring (bicyclic) bond motifs is 3. The minimum atomic E-state index is -0.276. The molecule has 0 fully saturated rings. The molecule has 0 saturated carbocycles. The molecular formula is C28H20Cl2N2O3S. The van der Waals surface area contributed by atoms with Crippen LogP contribution in [-0.2, 0) is 6.42 Å². The van der Waals surface area contributed by atoms with Crippen LogP contribution in [0, 0.1) is 0 Å². The standard InChI is InChI=1S/C28H20Cl2N2O3S/c1-35-22-13-15(12-21(30)26(22)33)14-23-27(34)32-25(17-6-9-18(29)10-7-17)20-11-8-16-4-2-3-5-19(16)24(20)31-28(32)36-23/h2-7,9-10,12-14,25,33H,8,11H2,1H3/b23-14+/t25-/m0/s1. The first-order valence-electron chi connectivity index (χ1n) is 11.4. The molecule has 2 aliphatic rings. The van der Waals surface area contributed by atoms with E-state index >= 15 is 0 Å². The van der Waals surface area contributed by atoms with Crippen molar-refractivity contribution in [3.8, 4) is 11.5 Å². The quantitative estimate of drug-likeness (QED) is 0.385. The van der Waals surface area contributed by atoms with E-state index in [2.05, 4.69) is 18.2 Å². The predicted molar refractivity (Wildman–Crippen MR) is 144 cm³/mol. The Hall–Kier alpha value is -3.32. The summed E-state index contributed by atoms with van der Waals surface area (Å²) >= 11 is 13.7. The van der Waals surface area contributed by atoms with Crippen LogP contribution in [0.15, 0.2) is 76.0 Å². The van der Waals surface area contributed by atoms with Crippen LogP contribution in [0.2, 0.25) is 10.0 Å². The van der Waals surface area contributed by atoms with Gasteiger partial charge in [0.2, 0.25) is 0 Å². The number of halogens is 2. The van der Waals surface area contributed by atoms with Crippen LogP contribution >= 0.6 is 34.5 Å². The third kappa shape index (κ3) is 3.77. The van der Waals surface area contributed by atoms with Crippen molar-refractivity contribution in [2.24, 2.45) is 4.99 Å². The zero-order chi connectivity index (χ0) is 25.0. The first kappa shape index (κ1) is 23.1. The largest absolute Gasteiger partial charge is 0.503 e. The van der Waals surface area contributed by atoms with E-state index in [1.807, 2.05) is 30.3 Å². The monoisotopic (exact) mass is 534 g/mol. The molecule has 2 heterocycles. The number of hydrogen-bond donors (Lipinski definition) is 1. The van der Waals surface area contributed by atoms with Gasteiger partial charge in [0.05, 0.1) is 28.4 Å². The summed E-state index contributed by atoms with van der Waals surface area (Å²) in [7, 11) is 1.46. The average molecular weight is 535 g/mol. The zero-order valence-corrected chi connectivity index (χ0v) is 21.5. The van der Waals surface area contributed by atoms with Crippen LogP contribution in [0.1, 0.15) is 34.7 Å². The smallest absolute Gasteiger partial charge is 0.271 e. The number of ether oxygens (including phenoxy) is 1. The van der Waals surface area contributed by atoms with Crippen molar-refractivity contribution in [1.29, 1.82) is 0 Å². The van der Waals surface area contributed by atoms with Crippen molar-refractivity contribution in [3.63, 3.8) is 0 Å². The first-order chi connectivity index (χ1) is 17.4. The van der Waals surface area contributed by atoms with Gasteiger partial charge in [0.25, 0.3) is 5.56 Å². The minimum absolute atomic E-state index is 0.132. The highest BCUT2D eigenvalue weighted by atomic mass is 35.5. The Kier molecular flexibility index (Phi) is 5.75. The fourth-order valence-electron chi connectivity index (χ4n) is 4.95. The molecule has 0 spiro atoms. The van der Waals surface area contributed by atoms with E-state index in [-0.39, 0.29) is 28.1 Å². The molecule has 6 rings (SSSR count). The van der Waals surface area contributed by atoms with Crippen LogP contribution in [0.4, 0.5) is 0 Å². The summed E-state index contributed by atoms with van der Waals surface area (Å²) in [6, 6.07) is 19.0. The van der Waals surface area contributed by atoms with E-state index < -0.39 is 0 Å². The van der Waals surface area contributed by atoms with Crippen LogP contribution < -0.4 is 19.6 Å². The number of hydrogen-bond acceptors (Lipinski definition) is 5. The molecule has 1 atom stereocenters. The van der Waals surface area contributed by atoms with Gasteiger partial charge in [0, 0.05) is 10.6 Å². The van der Waals surface area contributed by atoms with Crippen molar-refractivity contribution >= 4 is 46.3 Å². The summed E-state index contributed by atoms with van der Waals surface area (Å²) in [5, 5.41) is 10.9. The molecule has 0 saturated heterocycles. The Morgan fingerprint density at radius 2 is 1.89 bits per heavy atom. The van der Waals surface area contributed by atoms with E-state index in [0.717, 1.165) is 35.2 Å². The number of aromatic nitrogens is 1. The summed E-state index contributed by atoms with van der Waals surface area (Å²) in [5.74, 6) is 0.111. The lowest BCUT2D eigenvalue weighted by molar-refractivity contribution is 0.373. The van der Waals surface area contributed by atoms with Gasteiger partial charge in [-0.1, -0.05) is 70.9 Å². The van der Waals surface area contributed by atoms with E-state index in [0.29, 0.717) is 19.9 Å². The van der Waals surface area contributed by atoms with Gasteiger partial charge in [0.15, 0.2) is 16.3 Å². The second-order valence-electron chi connectivity index (χ2n) is 8.72. The molecule has 0 amide bonds. The molecule has 3 aromatic carbocycles. The van der Waals surface area contributed by atoms with Crippen molar-refractivity contribution < 1.29 is 9.84 Å². The third-order valence-corrected chi connectivity index (χ3v) is 8.15. The van der Waals surface area contributed by atoms with Crippen molar-refractivity contribution in [1.82, 2.24) is 4.57 Å². The highest BCUT2D eigenvalue weighted by Crippen LogP contribution is 2.41. The van der Waals surface area contributed by atoms with Gasteiger partial charge >= 0.3 is 0 Å². The fraction of sp³-hybridized carbons (Fsp3) is 0.143. The van der Waals surface area contributed by atoms with Gasteiger partial charge in [0.1, 0.15) is 0 Å². The number of benzene rings is 3. The number of aryl methyl sites for hydroxylation is 1. The van der Waals surface area contributed by atoms with Gasteiger partial charge in [-0.05, 0) is 65.4 Å². The first-order valence-corrected chi connectivity index (χ1v) is 13.0. The van der Waals surface area contributed by atoms with Crippen molar-refractivity contribution in [2.75, 3.05) is 7.11 Å². The number of allylic oxidation sites excluding steroid dienone is 1. The maximum absolute atomic E-state index is 13.8. The van der Waals surface area contributed by atoms with Gasteiger partial charge in [-0.3, -0.25) is 9.36 Å². The summed E-state index contributed by atoms with van der Waals surface area (Å²) in [6.07, 6.45) is 3.47. The number of rotatable bonds is 3. The molecule has 5 nitrogen and oxygen atoms in total. The number of methoxy groups -OCH3 is 1. The maximum Gasteiger partial charge on any atom is 0.271 e.